The van der Waals surface area contributed by atoms with Gasteiger partial charge in [0.2, 0.25) is 0 Å². The van der Waals surface area contributed by atoms with Gasteiger partial charge in [0.15, 0.2) is 0 Å². The number of unbranched alkanes of at least 4 members (excludes halogenated alkanes) is 2. The van der Waals surface area contributed by atoms with Crippen LogP contribution in [0.25, 0.3) is 0 Å². The molecule has 96 valence electrons. The summed E-state index contributed by atoms with van der Waals surface area (Å²) in [6, 6.07) is 0. The fraction of sp³-hybridized carbons (Fsp3) is 1.00. The van der Waals surface area contributed by atoms with Gasteiger partial charge in [-0.2, -0.15) is 0 Å². The van der Waals surface area contributed by atoms with Gasteiger partial charge in [0.25, 0.3) is 0 Å². The Hall–Kier alpha value is 0.137. The predicted octanol–water partition coefficient (Wildman–Crippen LogP) is 2.24. The van der Waals surface area contributed by atoms with Crippen molar-refractivity contribution in [2.75, 3.05) is 19.8 Å². The fourth-order valence-corrected chi connectivity index (χ4v) is 3.15. The van der Waals surface area contributed by atoms with Gasteiger partial charge in [0.05, 0.1) is 0 Å². The molecule has 1 aliphatic rings. The molecule has 0 aromatic carbocycles. The second-order valence-corrected chi connectivity index (χ2v) is 7.00. The molecule has 0 aromatic rings. The van der Waals surface area contributed by atoms with Gasteiger partial charge in [-0.15, -0.1) is 0 Å². The first kappa shape index (κ1) is 14.2. The van der Waals surface area contributed by atoms with Crippen LogP contribution in [0.2, 0.25) is 0 Å². The maximum atomic E-state index is 5.93. The van der Waals surface area contributed by atoms with Crippen molar-refractivity contribution in [3.63, 3.8) is 0 Å². The summed E-state index contributed by atoms with van der Waals surface area (Å²) in [5, 5.41) is 0.307. The third-order valence-corrected chi connectivity index (χ3v) is 4.73. The smallest absolute Gasteiger partial charge is 0.0486 e. The molecule has 0 aromatic heterocycles. The van der Waals surface area contributed by atoms with Crippen LogP contribution in [0.4, 0.5) is 0 Å². The lowest BCUT2D eigenvalue weighted by Crippen LogP contribution is -2.36. The van der Waals surface area contributed by atoms with E-state index in [4.69, 9.17) is 9.47 Å². The topological polar surface area (TPSA) is 18.5 Å². The normalized spacial score (nSPS) is 26.1. The zero-order valence-corrected chi connectivity index (χ0v) is 13.1. The summed E-state index contributed by atoms with van der Waals surface area (Å²) in [5.41, 5.74) is 0. The van der Waals surface area contributed by atoms with E-state index in [0.29, 0.717) is 5.22 Å². The second-order valence-electron chi connectivity index (χ2n) is 5.18. The highest BCUT2D eigenvalue weighted by molar-refractivity contribution is 6.14. The molecule has 1 fully saturated rings. The van der Waals surface area contributed by atoms with Crippen molar-refractivity contribution in [3.8, 4) is 0 Å². The summed E-state index contributed by atoms with van der Waals surface area (Å²) in [6.45, 7) is 5.09. The fourth-order valence-electron chi connectivity index (χ4n) is 2.24. The molecule has 3 heteroatoms. The first-order valence-corrected chi connectivity index (χ1v) is 7.98. The van der Waals surface area contributed by atoms with Crippen LogP contribution in [0.1, 0.15) is 58.3 Å². The van der Waals surface area contributed by atoms with Crippen molar-refractivity contribution < 1.29 is 9.47 Å². The molecular formula is C13H28O2Si. The molecule has 0 bridgehead atoms. The van der Waals surface area contributed by atoms with E-state index in [9.17, 15) is 0 Å². The average Bonchev–Trinajstić information content (AvgIpc) is 2.29. The lowest BCUT2D eigenvalue weighted by molar-refractivity contribution is -0.0249. The van der Waals surface area contributed by atoms with Gasteiger partial charge in [0, 0.05) is 35.3 Å². The number of rotatable bonds is 8. The van der Waals surface area contributed by atoms with Crippen LogP contribution in [0, 0.1) is 0 Å². The van der Waals surface area contributed by atoms with Crippen molar-refractivity contribution >= 4 is 10.2 Å². The minimum atomic E-state index is 0.307. The molecule has 2 nitrogen and oxygen atoms in total. The molecule has 1 atom stereocenters. The largest absolute Gasteiger partial charge is 0.381 e. The van der Waals surface area contributed by atoms with Gasteiger partial charge >= 0.3 is 0 Å². The molecule has 0 saturated carbocycles. The van der Waals surface area contributed by atoms with Crippen molar-refractivity contribution in [2.24, 2.45) is 0 Å². The average molecular weight is 244 g/mol. The van der Waals surface area contributed by atoms with E-state index in [1.54, 1.807) is 0 Å². The number of hydrogen-bond donors (Lipinski definition) is 0. The highest BCUT2D eigenvalue weighted by Gasteiger charge is 2.26. The predicted molar refractivity (Wildman–Crippen MR) is 72.1 cm³/mol. The lowest BCUT2D eigenvalue weighted by atomic mass is 10.0. The molecule has 0 N–H and O–H groups in total. The second kappa shape index (κ2) is 8.26. The molecule has 16 heavy (non-hydrogen) atoms. The van der Waals surface area contributed by atoms with Crippen LogP contribution in [-0.4, -0.2) is 35.3 Å². The Bertz CT molecular complexity index is 167. The number of ether oxygens (including phenoxy) is 2. The summed E-state index contributed by atoms with van der Waals surface area (Å²) < 4.78 is 11.5. The maximum Gasteiger partial charge on any atom is 0.0486 e. The molecule has 1 heterocycles. The highest BCUT2D eigenvalue weighted by Crippen LogP contribution is 2.26. The van der Waals surface area contributed by atoms with Crippen LogP contribution in [0.3, 0.4) is 0 Å². The van der Waals surface area contributed by atoms with E-state index in [1.807, 2.05) is 0 Å². The van der Waals surface area contributed by atoms with Crippen LogP contribution >= 0.6 is 0 Å². The molecular weight excluding hydrogens is 216 g/mol. The standard InChI is InChI=1S/C13H28O2Si/c1-2-3-10-14-11-6-4-8-13(16)9-5-7-12-15-13/h2-12H2,1,16H3. The van der Waals surface area contributed by atoms with Gasteiger partial charge < -0.3 is 9.47 Å². The van der Waals surface area contributed by atoms with Crippen LogP contribution < -0.4 is 0 Å². The van der Waals surface area contributed by atoms with Crippen LogP contribution in [0.15, 0.2) is 0 Å². The Kier molecular flexibility index (Phi) is 7.33. The summed E-state index contributed by atoms with van der Waals surface area (Å²) in [6.07, 6.45) is 10.1. The van der Waals surface area contributed by atoms with Gasteiger partial charge in [-0.25, -0.2) is 0 Å². The Labute approximate surface area is 104 Å². The van der Waals surface area contributed by atoms with Gasteiger partial charge in [-0.05, 0) is 44.9 Å². The van der Waals surface area contributed by atoms with Crippen molar-refractivity contribution in [3.05, 3.63) is 0 Å². The van der Waals surface area contributed by atoms with Gasteiger partial charge in [0.1, 0.15) is 0 Å². The quantitative estimate of drug-likeness (QED) is 0.481. The first-order chi connectivity index (χ1) is 7.77. The van der Waals surface area contributed by atoms with Gasteiger partial charge in [-0.1, -0.05) is 13.3 Å². The van der Waals surface area contributed by atoms with Crippen LogP contribution in [-0.2, 0) is 9.47 Å². The monoisotopic (exact) mass is 244 g/mol. The molecule has 0 radical (unpaired) electrons. The third kappa shape index (κ3) is 6.02. The van der Waals surface area contributed by atoms with E-state index in [1.165, 1.54) is 61.6 Å². The van der Waals surface area contributed by atoms with Gasteiger partial charge in [-0.3, -0.25) is 0 Å². The zero-order valence-electron chi connectivity index (χ0n) is 11.1. The SMILES string of the molecule is CCCCOCCCCC1([SiH3])CCCCO1. The Morgan fingerprint density at radius 2 is 2.00 bits per heavy atom. The number of hydrogen-bond acceptors (Lipinski definition) is 2. The van der Waals surface area contributed by atoms with E-state index < -0.39 is 0 Å². The Morgan fingerprint density at radius 1 is 1.19 bits per heavy atom. The summed E-state index contributed by atoms with van der Waals surface area (Å²) in [4.78, 5) is 0. The molecule has 0 amide bonds. The van der Waals surface area contributed by atoms with E-state index >= 15 is 0 Å². The van der Waals surface area contributed by atoms with E-state index in [0.717, 1.165) is 19.8 Å². The molecule has 1 rings (SSSR count). The lowest BCUT2D eigenvalue weighted by Gasteiger charge is -2.34. The minimum Gasteiger partial charge on any atom is -0.381 e. The maximum absolute atomic E-state index is 5.93. The molecule has 1 saturated heterocycles. The van der Waals surface area contributed by atoms with Crippen molar-refractivity contribution in [1.82, 2.24) is 0 Å². The molecule has 0 aliphatic carbocycles. The molecule has 0 spiro atoms. The third-order valence-electron chi connectivity index (χ3n) is 3.44. The first-order valence-electron chi connectivity index (χ1n) is 6.98. The summed E-state index contributed by atoms with van der Waals surface area (Å²) in [5.74, 6) is 0. The zero-order chi connectivity index (χ0) is 11.7. The summed E-state index contributed by atoms with van der Waals surface area (Å²) in [7, 11) is 1.19. The Balaban J connectivity index is 1.93. The Morgan fingerprint density at radius 3 is 2.69 bits per heavy atom. The highest BCUT2D eigenvalue weighted by atomic mass is 28.1. The minimum absolute atomic E-state index is 0.307. The molecule has 1 aliphatic heterocycles. The summed E-state index contributed by atoms with van der Waals surface area (Å²) >= 11 is 0. The van der Waals surface area contributed by atoms with Crippen LogP contribution in [0.5, 0.6) is 0 Å². The molecule has 1 unspecified atom stereocenters. The van der Waals surface area contributed by atoms with Crippen molar-refractivity contribution in [1.29, 1.82) is 0 Å². The van der Waals surface area contributed by atoms with E-state index in [2.05, 4.69) is 6.92 Å². The van der Waals surface area contributed by atoms with E-state index in [-0.39, 0.29) is 0 Å². The van der Waals surface area contributed by atoms with Crippen molar-refractivity contribution in [2.45, 2.75) is 63.5 Å².